The van der Waals surface area contributed by atoms with Crippen molar-refractivity contribution in [1.29, 1.82) is 0 Å². The molecule has 20 heavy (non-hydrogen) atoms. The number of halogens is 2. The first kappa shape index (κ1) is 14.7. The van der Waals surface area contributed by atoms with Gasteiger partial charge in [0.25, 0.3) is 0 Å². The van der Waals surface area contributed by atoms with Crippen molar-refractivity contribution in [3.05, 3.63) is 46.7 Å². The molecule has 3 nitrogen and oxygen atoms in total. The molecule has 0 amide bonds. The summed E-state index contributed by atoms with van der Waals surface area (Å²) in [4.78, 5) is 0. The van der Waals surface area contributed by atoms with Crippen LogP contribution in [0.15, 0.2) is 40.9 Å². The highest BCUT2D eigenvalue weighted by molar-refractivity contribution is 9.10. The Morgan fingerprint density at radius 1 is 1.10 bits per heavy atom. The van der Waals surface area contributed by atoms with Crippen molar-refractivity contribution >= 4 is 21.6 Å². The van der Waals surface area contributed by atoms with Gasteiger partial charge in [-0.25, -0.2) is 4.39 Å². The third-order valence-electron chi connectivity index (χ3n) is 2.40. The number of hydrogen-bond donors (Lipinski definition) is 1. The van der Waals surface area contributed by atoms with Gasteiger partial charge < -0.3 is 15.2 Å². The summed E-state index contributed by atoms with van der Waals surface area (Å²) >= 11 is 3.31. The standard InChI is InChI=1S/C15H15BrFNO2/c1-9(2)19-12-6-11(18)7-13(8-12)20-15-5-10(17)3-4-14(15)16/h3-9H,18H2,1-2H3. The number of anilines is 1. The van der Waals surface area contributed by atoms with Crippen LogP contribution in [0.4, 0.5) is 10.1 Å². The van der Waals surface area contributed by atoms with Crippen molar-refractivity contribution in [3.63, 3.8) is 0 Å². The van der Waals surface area contributed by atoms with Gasteiger partial charge in [0.05, 0.1) is 10.6 Å². The minimum Gasteiger partial charge on any atom is -0.491 e. The van der Waals surface area contributed by atoms with Crippen LogP contribution in [0.1, 0.15) is 13.8 Å². The van der Waals surface area contributed by atoms with Gasteiger partial charge >= 0.3 is 0 Å². The van der Waals surface area contributed by atoms with Crippen LogP contribution < -0.4 is 15.2 Å². The van der Waals surface area contributed by atoms with E-state index >= 15 is 0 Å². The van der Waals surface area contributed by atoms with Crippen molar-refractivity contribution in [2.24, 2.45) is 0 Å². The first-order valence-electron chi connectivity index (χ1n) is 6.14. The zero-order valence-corrected chi connectivity index (χ0v) is 12.8. The molecule has 2 aromatic carbocycles. The largest absolute Gasteiger partial charge is 0.491 e. The molecule has 2 N–H and O–H groups in total. The molecule has 0 atom stereocenters. The first-order chi connectivity index (χ1) is 9.44. The Kier molecular flexibility index (Phi) is 4.49. The molecule has 106 valence electrons. The molecular formula is C15H15BrFNO2. The highest BCUT2D eigenvalue weighted by Gasteiger charge is 2.08. The Labute approximate surface area is 125 Å². The summed E-state index contributed by atoms with van der Waals surface area (Å²) in [6.07, 6.45) is 0.0329. The molecule has 0 aliphatic heterocycles. The molecule has 0 aliphatic rings. The SMILES string of the molecule is CC(C)Oc1cc(N)cc(Oc2cc(F)ccc2Br)c1. The molecular weight excluding hydrogens is 325 g/mol. The lowest BCUT2D eigenvalue weighted by Crippen LogP contribution is -2.05. The predicted molar refractivity (Wildman–Crippen MR) is 80.8 cm³/mol. The normalized spacial score (nSPS) is 10.7. The fourth-order valence-corrected chi connectivity index (χ4v) is 2.00. The fraction of sp³-hybridized carbons (Fsp3) is 0.200. The van der Waals surface area contributed by atoms with E-state index in [1.165, 1.54) is 12.1 Å². The summed E-state index contributed by atoms with van der Waals surface area (Å²) in [6.45, 7) is 3.85. The summed E-state index contributed by atoms with van der Waals surface area (Å²) in [7, 11) is 0. The van der Waals surface area contributed by atoms with E-state index in [9.17, 15) is 4.39 Å². The van der Waals surface area contributed by atoms with Crippen molar-refractivity contribution in [2.45, 2.75) is 20.0 Å². The Morgan fingerprint density at radius 3 is 2.50 bits per heavy atom. The Morgan fingerprint density at radius 2 is 1.80 bits per heavy atom. The molecule has 0 bridgehead atoms. The van der Waals surface area contributed by atoms with Crippen LogP contribution in [0.2, 0.25) is 0 Å². The van der Waals surface area contributed by atoms with Gasteiger partial charge in [0.1, 0.15) is 23.1 Å². The minimum absolute atomic E-state index is 0.0329. The predicted octanol–water partition coefficient (Wildman–Crippen LogP) is 4.75. The molecule has 2 rings (SSSR count). The van der Waals surface area contributed by atoms with Crippen LogP contribution in [0.5, 0.6) is 17.2 Å². The second kappa shape index (κ2) is 6.13. The molecule has 0 spiro atoms. The highest BCUT2D eigenvalue weighted by Crippen LogP contribution is 2.33. The maximum Gasteiger partial charge on any atom is 0.144 e. The van der Waals surface area contributed by atoms with E-state index in [4.69, 9.17) is 15.2 Å². The Hall–Kier alpha value is -1.75. The monoisotopic (exact) mass is 339 g/mol. The Bertz CT molecular complexity index is 617. The van der Waals surface area contributed by atoms with Gasteiger partial charge in [-0.1, -0.05) is 0 Å². The van der Waals surface area contributed by atoms with E-state index in [1.807, 2.05) is 13.8 Å². The highest BCUT2D eigenvalue weighted by atomic mass is 79.9. The van der Waals surface area contributed by atoms with Gasteiger partial charge in [0.2, 0.25) is 0 Å². The Balaban J connectivity index is 2.28. The summed E-state index contributed by atoms with van der Waals surface area (Å²) in [5.74, 6) is 1.12. The van der Waals surface area contributed by atoms with Crippen molar-refractivity contribution < 1.29 is 13.9 Å². The quantitative estimate of drug-likeness (QED) is 0.817. The van der Waals surface area contributed by atoms with E-state index in [-0.39, 0.29) is 11.9 Å². The van der Waals surface area contributed by atoms with E-state index < -0.39 is 0 Å². The number of hydrogen-bond acceptors (Lipinski definition) is 3. The summed E-state index contributed by atoms with van der Waals surface area (Å²) < 4.78 is 25.1. The molecule has 0 unspecified atom stereocenters. The molecule has 5 heteroatoms. The average Bonchev–Trinajstić information content (AvgIpc) is 2.32. The summed E-state index contributed by atoms with van der Waals surface area (Å²) in [6, 6.07) is 9.33. The van der Waals surface area contributed by atoms with Gasteiger partial charge in [0.15, 0.2) is 0 Å². The second-order valence-corrected chi connectivity index (χ2v) is 5.44. The lowest BCUT2D eigenvalue weighted by atomic mass is 10.2. The van der Waals surface area contributed by atoms with Crippen LogP contribution in [0.3, 0.4) is 0 Å². The molecule has 0 saturated carbocycles. The van der Waals surface area contributed by atoms with Crippen LogP contribution in [0, 0.1) is 5.82 Å². The van der Waals surface area contributed by atoms with Crippen LogP contribution >= 0.6 is 15.9 Å². The fourth-order valence-electron chi connectivity index (χ4n) is 1.68. The smallest absolute Gasteiger partial charge is 0.144 e. The van der Waals surface area contributed by atoms with Gasteiger partial charge in [-0.3, -0.25) is 0 Å². The zero-order valence-electron chi connectivity index (χ0n) is 11.2. The van der Waals surface area contributed by atoms with Gasteiger partial charge in [-0.2, -0.15) is 0 Å². The van der Waals surface area contributed by atoms with Crippen LogP contribution in [-0.4, -0.2) is 6.10 Å². The second-order valence-electron chi connectivity index (χ2n) is 4.58. The van der Waals surface area contributed by atoms with Gasteiger partial charge in [-0.05, 0) is 41.9 Å². The van der Waals surface area contributed by atoms with E-state index in [0.717, 1.165) is 0 Å². The number of ether oxygens (including phenoxy) is 2. The van der Waals surface area contributed by atoms with Crippen molar-refractivity contribution in [2.75, 3.05) is 5.73 Å². The molecule has 0 radical (unpaired) electrons. The summed E-state index contributed by atoms with van der Waals surface area (Å²) in [5, 5.41) is 0. The molecule has 0 aliphatic carbocycles. The van der Waals surface area contributed by atoms with Gasteiger partial charge in [0, 0.05) is 30.0 Å². The van der Waals surface area contributed by atoms with Gasteiger partial charge in [-0.15, -0.1) is 0 Å². The number of nitrogen functional groups attached to an aromatic ring is 1. The first-order valence-corrected chi connectivity index (χ1v) is 6.93. The number of nitrogens with two attached hydrogens (primary N) is 1. The average molecular weight is 340 g/mol. The molecule has 0 fully saturated rings. The third-order valence-corrected chi connectivity index (χ3v) is 3.05. The molecule has 2 aromatic rings. The summed E-state index contributed by atoms with van der Waals surface area (Å²) in [5.41, 5.74) is 6.33. The minimum atomic E-state index is -0.370. The van der Waals surface area contributed by atoms with Crippen molar-refractivity contribution in [3.8, 4) is 17.2 Å². The zero-order chi connectivity index (χ0) is 14.7. The number of rotatable bonds is 4. The molecule has 0 saturated heterocycles. The topological polar surface area (TPSA) is 44.5 Å². The van der Waals surface area contributed by atoms with E-state index in [1.54, 1.807) is 24.3 Å². The lowest BCUT2D eigenvalue weighted by molar-refractivity contribution is 0.242. The maximum atomic E-state index is 13.2. The van der Waals surface area contributed by atoms with E-state index in [0.29, 0.717) is 27.4 Å². The van der Waals surface area contributed by atoms with Crippen molar-refractivity contribution in [1.82, 2.24) is 0 Å². The van der Waals surface area contributed by atoms with Crippen LogP contribution in [0.25, 0.3) is 0 Å². The molecule has 0 aromatic heterocycles. The maximum absolute atomic E-state index is 13.2. The van der Waals surface area contributed by atoms with E-state index in [2.05, 4.69) is 15.9 Å². The number of benzene rings is 2. The lowest BCUT2D eigenvalue weighted by Gasteiger charge is -2.13. The van der Waals surface area contributed by atoms with Crippen LogP contribution in [-0.2, 0) is 0 Å². The molecule has 0 heterocycles. The third kappa shape index (κ3) is 3.87.